The number of methoxy groups -OCH3 is 1. The largest absolute Gasteiger partial charge is 0.468 e. The molecule has 0 radical (unpaired) electrons. The number of rotatable bonds is 3. The molecule has 0 bridgehead atoms. The van der Waals surface area contributed by atoms with Crippen LogP contribution in [0.3, 0.4) is 0 Å². The highest BCUT2D eigenvalue weighted by atomic mass is 32.1. The molecular weight excluding hydrogens is 200 g/mol. The number of carbonyl (C=O) groups is 2. The van der Waals surface area contributed by atoms with Gasteiger partial charge in [0.1, 0.15) is 5.41 Å². The van der Waals surface area contributed by atoms with Crippen LogP contribution in [0, 0.1) is 5.41 Å². The van der Waals surface area contributed by atoms with Crippen LogP contribution in [0.25, 0.3) is 0 Å². The van der Waals surface area contributed by atoms with Crippen LogP contribution in [0.1, 0.15) is 24.2 Å². The van der Waals surface area contributed by atoms with Crippen molar-refractivity contribution in [3.05, 3.63) is 22.4 Å². The Kier molecular flexibility index (Phi) is 3.06. The lowest BCUT2D eigenvalue weighted by Gasteiger charge is -2.18. The molecule has 0 fully saturated rings. The summed E-state index contributed by atoms with van der Waals surface area (Å²) in [5.74, 6) is -0.709. The Hall–Kier alpha value is -1.16. The highest BCUT2D eigenvalue weighted by Gasteiger charge is 2.37. The molecule has 0 aliphatic rings. The molecule has 14 heavy (non-hydrogen) atoms. The number of carbonyl (C=O) groups excluding carboxylic acids is 2. The fourth-order valence-electron chi connectivity index (χ4n) is 1.10. The fraction of sp³-hybridized carbons (Fsp3) is 0.400. The zero-order chi connectivity index (χ0) is 10.8. The van der Waals surface area contributed by atoms with Crippen molar-refractivity contribution < 1.29 is 14.3 Å². The summed E-state index contributed by atoms with van der Waals surface area (Å²) in [7, 11) is 1.28. The van der Waals surface area contributed by atoms with Crippen LogP contribution in [0.15, 0.2) is 16.8 Å². The Balaban J connectivity index is 2.94. The number of ether oxygens (including phenoxy) is 1. The molecule has 0 aliphatic heterocycles. The summed E-state index contributed by atoms with van der Waals surface area (Å²) < 4.78 is 4.58. The number of hydrogen-bond acceptors (Lipinski definition) is 4. The Morgan fingerprint density at radius 3 is 2.50 bits per heavy atom. The third-order valence-corrected chi connectivity index (χ3v) is 2.73. The van der Waals surface area contributed by atoms with Crippen LogP contribution in [-0.4, -0.2) is 18.9 Å². The molecule has 3 nitrogen and oxygen atoms in total. The van der Waals surface area contributed by atoms with Gasteiger partial charge in [0.15, 0.2) is 5.78 Å². The zero-order valence-corrected chi connectivity index (χ0v) is 9.18. The molecule has 0 atom stereocenters. The maximum atomic E-state index is 11.8. The van der Waals surface area contributed by atoms with Crippen molar-refractivity contribution in [2.24, 2.45) is 5.41 Å². The van der Waals surface area contributed by atoms with Crippen LogP contribution in [-0.2, 0) is 9.53 Å². The molecule has 1 heterocycles. The Morgan fingerprint density at radius 1 is 1.43 bits per heavy atom. The first kappa shape index (κ1) is 10.9. The second-order valence-corrected chi connectivity index (χ2v) is 4.24. The predicted molar refractivity (Wildman–Crippen MR) is 54.4 cm³/mol. The lowest BCUT2D eigenvalue weighted by Crippen LogP contribution is -2.34. The van der Waals surface area contributed by atoms with Gasteiger partial charge in [-0.15, -0.1) is 0 Å². The monoisotopic (exact) mass is 212 g/mol. The summed E-state index contributed by atoms with van der Waals surface area (Å²) in [6.07, 6.45) is 0. The summed E-state index contributed by atoms with van der Waals surface area (Å²) in [6, 6.07) is 1.71. The lowest BCUT2D eigenvalue weighted by molar-refractivity contribution is -0.147. The Labute approximate surface area is 86.7 Å². The van der Waals surface area contributed by atoms with Gasteiger partial charge >= 0.3 is 5.97 Å². The Morgan fingerprint density at radius 2 is 2.07 bits per heavy atom. The van der Waals surface area contributed by atoms with Crippen molar-refractivity contribution in [3.63, 3.8) is 0 Å². The van der Waals surface area contributed by atoms with E-state index in [0.29, 0.717) is 5.56 Å². The summed E-state index contributed by atoms with van der Waals surface area (Å²) >= 11 is 1.43. The van der Waals surface area contributed by atoms with Gasteiger partial charge in [-0.05, 0) is 25.3 Å². The van der Waals surface area contributed by atoms with E-state index in [-0.39, 0.29) is 5.78 Å². The molecule has 0 spiro atoms. The number of Topliss-reactive ketones (excluding diaryl/α,β-unsaturated/α-hetero) is 1. The van der Waals surface area contributed by atoms with Gasteiger partial charge in [0.25, 0.3) is 0 Å². The van der Waals surface area contributed by atoms with Gasteiger partial charge < -0.3 is 4.74 Å². The van der Waals surface area contributed by atoms with Gasteiger partial charge in [-0.2, -0.15) is 11.3 Å². The van der Waals surface area contributed by atoms with Crippen molar-refractivity contribution in [2.45, 2.75) is 13.8 Å². The molecule has 0 saturated carbocycles. The first-order valence-corrected chi connectivity index (χ1v) is 5.10. The molecule has 4 heteroatoms. The summed E-state index contributed by atoms with van der Waals surface area (Å²) in [5.41, 5.74) is -0.541. The Bertz CT molecular complexity index is 338. The molecule has 0 aromatic carbocycles. The predicted octanol–water partition coefficient (Wildman–Crippen LogP) is 2.13. The van der Waals surface area contributed by atoms with Gasteiger partial charge in [-0.1, -0.05) is 0 Å². The van der Waals surface area contributed by atoms with E-state index in [9.17, 15) is 9.59 Å². The lowest BCUT2D eigenvalue weighted by atomic mass is 9.85. The van der Waals surface area contributed by atoms with E-state index >= 15 is 0 Å². The van der Waals surface area contributed by atoms with Crippen molar-refractivity contribution in [2.75, 3.05) is 7.11 Å². The molecule has 1 aromatic rings. The van der Waals surface area contributed by atoms with Crippen LogP contribution in [0.2, 0.25) is 0 Å². The van der Waals surface area contributed by atoms with Gasteiger partial charge in [-0.3, -0.25) is 9.59 Å². The standard InChI is InChI=1S/C10H12O3S/c1-10(2,9(12)13-3)8(11)7-4-5-14-6-7/h4-6H,1-3H3. The number of thiophene rings is 1. The third-order valence-electron chi connectivity index (χ3n) is 2.05. The minimum atomic E-state index is -1.10. The highest BCUT2D eigenvalue weighted by Crippen LogP contribution is 2.24. The normalized spacial score (nSPS) is 11.1. The smallest absolute Gasteiger partial charge is 0.319 e. The van der Waals surface area contributed by atoms with Crippen molar-refractivity contribution >= 4 is 23.1 Å². The second kappa shape index (κ2) is 3.92. The van der Waals surface area contributed by atoms with E-state index in [1.807, 2.05) is 0 Å². The molecule has 0 unspecified atom stereocenters. The maximum absolute atomic E-state index is 11.8. The average Bonchev–Trinajstić information content (AvgIpc) is 2.67. The molecule has 0 N–H and O–H groups in total. The minimum Gasteiger partial charge on any atom is -0.468 e. The molecule has 1 aromatic heterocycles. The first-order valence-electron chi connectivity index (χ1n) is 4.15. The minimum absolute atomic E-state index is 0.203. The van der Waals surface area contributed by atoms with E-state index in [4.69, 9.17) is 0 Å². The van der Waals surface area contributed by atoms with Crippen LogP contribution in [0.5, 0.6) is 0 Å². The second-order valence-electron chi connectivity index (χ2n) is 3.46. The van der Waals surface area contributed by atoms with Gasteiger partial charge in [-0.25, -0.2) is 0 Å². The van der Waals surface area contributed by atoms with Gasteiger partial charge in [0.05, 0.1) is 7.11 Å². The van der Waals surface area contributed by atoms with Crippen LogP contribution < -0.4 is 0 Å². The highest BCUT2D eigenvalue weighted by molar-refractivity contribution is 7.08. The van der Waals surface area contributed by atoms with Gasteiger partial charge in [0, 0.05) is 10.9 Å². The van der Waals surface area contributed by atoms with Crippen molar-refractivity contribution in [1.82, 2.24) is 0 Å². The summed E-state index contributed by atoms with van der Waals surface area (Å²) in [5, 5.41) is 3.54. The quantitative estimate of drug-likeness (QED) is 0.438. The molecule has 0 saturated heterocycles. The van der Waals surface area contributed by atoms with Crippen molar-refractivity contribution in [1.29, 1.82) is 0 Å². The topological polar surface area (TPSA) is 43.4 Å². The summed E-state index contributed by atoms with van der Waals surface area (Å²) in [6.45, 7) is 3.14. The van der Waals surface area contributed by atoms with E-state index in [1.165, 1.54) is 18.4 Å². The first-order chi connectivity index (χ1) is 6.50. The molecular formula is C10H12O3S. The SMILES string of the molecule is COC(=O)C(C)(C)C(=O)c1ccsc1. The average molecular weight is 212 g/mol. The maximum Gasteiger partial charge on any atom is 0.319 e. The fourth-order valence-corrected chi connectivity index (χ4v) is 1.74. The van der Waals surface area contributed by atoms with Crippen LogP contribution >= 0.6 is 11.3 Å². The van der Waals surface area contributed by atoms with Gasteiger partial charge in [0.2, 0.25) is 0 Å². The van der Waals surface area contributed by atoms with Crippen molar-refractivity contribution in [3.8, 4) is 0 Å². The zero-order valence-electron chi connectivity index (χ0n) is 8.37. The van der Waals surface area contributed by atoms with E-state index in [2.05, 4.69) is 4.74 Å². The van der Waals surface area contributed by atoms with Crippen LogP contribution in [0.4, 0.5) is 0 Å². The number of esters is 1. The van der Waals surface area contributed by atoms with E-state index < -0.39 is 11.4 Å². The third kappa shape index (κ3) is 1.85. The molecule has 0 amide bonds. The number of ketones is 1. The molecule has 76 valence electrons. The number of hydrogen-bond donors (Lipinski definition) is 0. The molecule has 1 rings (SSSR count). The van der Waals surface area contributed by atoms with E-state index in [1.54, 1.807) is 30.7 Å². The van der Waals surface area contributed by atoms with E-state index in [0.717, 1.165) is 0 Å². The summed E-state index contributed by atoms with van der Waals surface area (Å²) in [4.78, 5) is 23.2. The molecule has 0 aliphatic carbocycles.